The summed E-state index contributed by atoms with van der Waals surface area (Å²) in [4.78, 5) is 28.7. The SMILES string of the molecule is O=C(Nc1cccc(Cl)c1)c1n[nH]n2c1nc(=O)c1cc(Cl)ccc12. The number of amides is 1. The molecule has 0 aliphatic carbocycles. The highest BCUT2D eigenvalue weighted by atomic mass is 35.5. The van der Waals surface area contributed by atoms with Crippen LogP contribution in [0.2, 0.25) is 10.0 Å². The van der Waals surface area contributed by atoms with E-state index < -0.39 is 11.5 Å². The topological polar surface area (TPSA) is 92.2 Å². The number of benzene rings is 2. The molecule has 0 fully saturated rings. The number of H-pyrrole nitrogens is 1. The fourth-order valence-electron chi connectivity index (χ4n) is 2.51. The maximum absolute atomic E-state index is 12.5. The van der Waals surface area contributed by atoms with Crippen LogP contribution in [0.5, 0.6) is 0 Å². The van der Waals surface area contributed by atoms with Crippen molar-refractivity contribution in [2.24, 2.45) is 0 Å². The van der Waals surface area contributed by atoms with Gasteiger partial charge in [-0.2, -0.15) is 4.98 Å². The number of hydrogen-bond acceptors (Lipinski definition) is 4. The number of carbonyl (C=O) groups excluding carboxylic acids is 1. The Kier molecular flexibility index (Phi) is 3.67. The number of rotatable bonds is 2. The lowest BCUT2D eigenvalue weighted by atomic mass is 10.2. The third-order valence-electron chi connectivity index (χ3n) is 3.62. The Morgan fingerprint density at radius 3 is 2.72 bits per heavy atom. The number of aromatic nitrogens is 4. The van der Waals surface area contributed by atoms with Gasteiger partial charge in [-0.1, -0.05) is 29.3 Å². The van der Waals surface area contributed by atoms with Crippen molar-refractivity contribution in [3.63, 3.8) is 0 Å². The maximum Gasteiger partial charge on any atom is 0.281 e. The van der Waals surface area contributed by atoms with Crippen LogP contribution in [0.3, 0.4) is 0 Å². The monoisotopic (exact) mass is 373 g/mol. The second-order valence-electron chi connectivity index (χ2n) is 5.26. The lowest BCUT2D eigenvalue weighted by Crippen LogP contribution is -2.16. The third kappa shape index (κ3) is 2.73. The molecule has 0 bridgehead atoms. The number of hydrogen-bond donors (Lipinski definition) is 2. The lowest BCUT2D eigenvalue weighted by Gasteiger charge is -2.04. The summed E-state index contributed by atoms with van der Waals surface area (Å²) in [6.45, 7) is 0. The summed E-state index contributed by atoms with van der Waals surface area (Å²) in [5.41, 5.74) is 0.659. The number of fused-ring (bicyclic) bond motifs is 3. The Hall–Kier alpha value is -2.90. The Bertz CT molecular complexity index is 1200. The molecule has 7 nitrogen and oxygen atoms in total. The van der Waals surface area contributed by atoms with Gasteiger partial charge in [-0.15, -0.1) is 5.10 Å². The quantitative estimate of drug-likeness (QED) is 0.564. The predicted octanol–water partition coefficient (Wildman–Crippen LogP) is 3.13. The first kappa shape index (κ1) is 15.6. The molecule has 2 N–H and O–H groups in total. The average Bonchev–Trinajstić information content (AvgIpc) is 2.99. The van der Waals surface area contributed by atoms with E-state index in [0.29, 0.717) is 26.6 Å². The summed E-state index contributed by atoms with van der Waals surface area (Å²) in [6.07, 6.45) is 0. The summed E-state index contributed by atoms with van der Waals surface area (Å²) in [5, 5.41) is 10.6. The van der Waals surface area contributed by atoms with Crippen molar-refractivity contribution in [1.82, 2.24) is 19.8 Å². The first-order valence-corrected chi connectivity index (χ1v) is 7.92. The normalized spacial score (nSPS) is 11.1. The van der Waals surface area contributed by atoms with Gasteiger partial charge in [0.2, 0.25) is 0 Å². The minimum atomic E-state index is -0.513. The van der Waals surface area contributed by atoms with Gasteiger partial charge in [0.05, 0.1) is 10.9 Å². The summed E-state index contributed by atoms with van der Waals surface area (Å²) >= 11 is 11.8. The number of aromatic amines is 1. The molecule has 2 aromatic carbocycles. The van der Waals surface area contributed by atoms with E-state index in [1.54, 1.807) is 36.4 Å². The van der Waals surface area contributed by atoms with Gasteiger partial charge < -0.3 is 5.32 Å². The van der Waals surface area contributed by atoms with Gasteiger partial charge in [0.1, 0.15) is 0 Å². The van der Waals surface area contributed by atoms with Crippen molar-refractivity contribution in [3.8, 4) is 0 Å². The van der Waals surface area contributed by atoms with E-state index in [4.69, 9.17) is 23.2 Å². The average molecular weight is 374 g/mol. The highest BCUT2D eigenvalue weighted by Gasteiger charge is 2.18. The van der Waals surface area contributed by atoms with Gasteiger partial charge in [0.25, 0.3) is 11.5 Å². The zero-order valence-corrected chi connectivity index (χ0v) is 14.0. The van der Waals surface area contributed by atoms with E-state index in [1.807, 2.05) is 0 Å². The van der Waals surface area contributed by atoms with E-state index in [9.17, 15) is 9.59 Å². The van der Waals surface area contributed by atoms with Crippen LogP contribution < -0.4 is 10.9 Å². The van der Waals surface area contributed by atoms with Crippen molar-refractivity contribution in [3.05, 3.63) is 68.6 Å². The zero-order valence-electron chi connectivity index (χ0n) is 12.5. The van der Waals surface area contributed by atoms with Gasteiger partial charge in [0, 0.05) is 15.7 Å². The lowest BCUT2D eigenvalue weighted by molar-refractivity contribution is 0.102. The van der Waals surface area contributed by atoms with Gasteiger partial charge in [-0.25, -0.2) is 9.73 Å². The predicted molar refractivity (Wildman–Crippen MR) is 95.5 cm³/mol. The summed E-state index contributed by atoms with van der Waals surface area (Å²) < 4.78 is 1.46. The minimum Gasteiger partial charge on any atom is -0.320 e. The molecular weight excluding hydrogens is 365 g/mol. The van der Waals surface area contributed by atoms with Crippen LogP contribution >= 0.6 is 23.2 Å². The molecule has 0 radical (unpaired) electrons. The summed E-state index contributed by atoms with van der Waals surface area (Å²) in [6, 6.07) is 11.5. The smallest absolute Gasteiger partial charge is 0.281 e. The molecular formula is C16H9Cl2N5O2. The Balaban J connectivity index is 1.83. The standard InChI is InChI=1S/C16H9Cl2N5O2/c17-8-2-1-3-10(6-8)19-16(25)13-14-20-15(24)11-7-9(18)4-5-12(11)23(14)22-21-13/h1-7,22H,(H,19,25). The Morgan fingerprint density at radius 1 is 1.12 bits per heavy atom. The van der Waals surface area contributed by atoms with Crippen molar-refractivity contribution in [2.75, 3.05) is 5.32 Å². The van der Waals surface area contributed by atoms with Crippen LogP contribution in [-0.2, 0) is 0 Å². The van der Waals surface area contributed by atoms with Gasteiger partial charge in [-0.05, 0) is 36.4 Å². The maximum atomic E-state index is 12.5. The Labute approximate surface area is 150 Å². The second kappa shape index (κ2) is 5.87. The van der Waals surface area contributed by atoms with Crippen molar-refractivity contribution < 1.29 is 4.79 Å². The summed E-state index contributed by atoms with van der Waals surface area (Å²) in [5.74, 6) is -0.513. The van der Waals surface area contributed by atoms with E-state index >= 15 is 0 Å². The largest absolute Gasteiger partial charge is 0.320 e. The van der Waals surface area contributed by atoms with Crippen LogP contribution in [0, 0.1) is 0 Å². The molecule has 2 heterocycles. The summed E-state index contributed by atoms with van der Waals surface area (Å²) in [7, 11) is 0. The fraction of sp³-hybridized carbons (Fsp3) is 0. The number of halogens is 2. The zero-order chi connectivity index (χ0) is 17.6. The molecule has 0 spiro atoms. The van der Waals surface area contributed by atoms with Crippen LogP contribution in [0.4, 0.5) is 5.69 Å². The highest BCUT2D eigenvalue weighted by molar-refractivity contribution is 6.31. The first-order chi connectivity index (χ1) is 12.0. The van der Waals surface area contributed by atoms with E-state index in [1.165, 1.54) is 10.6 Å². The van der Waals surface area contributed by atoms with Crippen LogP contribution in [0.1, 0.15) is 10.5 Å². The number of nitrogens with zero attached hydrogens (tertiary/aromatic N) is 3. The number of nitrogens with one attached hydrogen (secondary N) is 2. The molecule has 4 aromatic rings. The van der Waals surface area contributed by atoms with Gasteiger partial charge in [0.15, 0.2) is 11.3 Å². The molecule has 4 rings (SSSR count). The number of anilines is 1. The molecule has 2 aromatic heterocycles. The molecule has 0 saturated carbocycles. The second-order valence-corrected chi connectivity index (χ2v) is 6.14. The van der Waals surface area contributed by atoms with Crippen LogP contribution in [0.15, 0.2) is 47.3 Å². The Morgan fingerprint density at radius 2 is 1.92 bits per heavy atom. The molecule has 0 aliphatic rings. The van der Waals surface area contributed by atoms with Gasteiger partial charge in [-0.3, -0.25) is 9.59 Å². The van der Waals surface area contributed by atoms with E-state index in [2.05, 4.69) is 20.6 Å². The van der Waals surface area contributed by atoms with Crippen molar-refractivity contribution >= 4 is 51.3 Å². The molecule has 0 unspecified atom stereocenters. The minimum absolute atomic E-state index is 0.00562. The first-order valence-electron chi connectivity index (χ1n) is 7.16. The van der Waals surface area contributed by atoms with Crippen molar-refractivity contribution in [1.29, 1.82) is 0 Å². The molecule has 9 heteroatoms. The molecule has 124 valence electrons. The van der Waals surface area contributed by atoms with Crippen molar-refractivity contribution in [2.45, 2.75) is 0 Å². The fourth-order valence-corrected chi connectivity index (χ4v) is 2.88. The molecule has 0 atom stereocenters. The van der Waals surface area contributed by atoms with Crippen LogP contribution in [-0.4, -0.2) is 25.7 Å². The molecule has 0 saturated heterocycles. The third-order valence-corrected chi connectivity index (χ3v) is 4.09. The van der Waals surface area contributed by atoms with Crippen LogP contribution in [0.25, 0.3) is 16.6 Å². The molecule has 0 aliphatic heterocycles. The molecule has 1 amide bonds. The van der Waals surface area contributed by atoms with E-state index in [-0.39, 0.29) is 11.3 Å². The number of carbonyl (C=O) groups is 1. The van der Waals surface area contributed by atoms with E-state index in [0.717, 1.165) is 0 Å². The van der Waals surface area contributed by atoms with Gasteiger partial charge >= 0.3 is 0 Å². The molecule has 25 heavy (non-hydrogen) atoms. The highest BCUT2D eigenvalue weighted by Crippen LogP contribution is 2.19.